The summed E-state index contributed by atoms with van der Waals surface area (Å²) in [5.74, 6) is -1.99. The minimum Gasteiger partial charge on any atom is -0.445 e. The maximum absolute atomic E-state index is 13.9. The van der Waals surface area contributed by atoms with E-state index in [9.17, 15) is 29.4 Å². The third-order valence-corrected chi connectivity index (χ3v) is 9.06. The fourth-order valence-electron chi connectivity index (χ4n) is 5.94. The number of aromatic nitrogens is 2. The van der Waals surface area contributed by atoms with Crippen LogP contribution in [0, 0.1) is 11.8 Å². The van der Waals surface area contributed by atoms with E-state index in [2.05, 4.69) is 31.2 Å². The van der Waals surface area contributed by atoms with Crippen molar-refractivity contribution >= 4 is 24.0 Å². The summed E-state index contributed by atoms with van der Waals surface area (Å²) in [7, 11) is 0. The Morgan fingerprint density at radius 1 is 0.536 bits per heavy atom. The lowest BCUT2D eigenvalue weighted by atomic mass is 9.90. The van der Waals surface area contributed by atoms with Crippen molar-refractivity contribution in [3.8, 4) is 0 Å². The summed E-state index contributed by atoms with van der Waals surface area (Å²) in [6.07, 6.45) is 1.66. The Labute approximate surface area is 327 Å². The second-order valence-corrected chi connectivity index (χ2v) is 14.2. The molecule has 14 nitrogen and oxygen atoms in total. The predicted octanol–water partition coefficient (Wildman–Crippen LogP) is 3.86. The Hall–Kier alpha value is -5.86. The van der Waals surface area contributed by atoms with Crippen LogP contribution in [-0.2, 0) is 45.1 Å². The number of pyridine rings is 2. The summed E-state index contributed by atoms with van der Waals surface area (Å²) < 4.78 is 10.7. The summed E-state index contributed by atoms with van der Waals surface area (Å²) in [6, 6.07) is 20.8. The first kappa shape index (κ1) is 42.9. The van der Waals surface area contributed by atoms with Crippen molar-refractivity contribution < 1.29 is 38.9 Å². The van der Waals surface area contributed by atoms with Crippen molar-refractivity contribution in [2.45, 2.75) is 90.1 Å². The Bertz CT molecular complexity index is 1670. The molecule has 0 bridgehead atoms. The Kier molecular flexibility index (Phi) is 16.8. The number of aliphatic hydroxyl groups excluding tert-OH is 2. The number of amides is 4. The van der Waals surface area contributed by atoms with Gasteiger partial charge in [-0.05, 0) is 47.9 Å². The van der Waals surface area contributed by atoms with Crippen LogP contribution in [0.3, 0.4) is 0 Å². The molecule has 56 heavy (non-hydrogen) atoms. The summed E-state index contributed by atoms with van der Waals surface area (Å²) in [5.41, 5.74) is 2.85. The third kappa shape index (κ3) is 13.8. The fourth-order valence-corrected chi connectivity index (χ4v) is 5.94. The van der Waals surface area contributed by atoms with Crippen LogP contribution in [-0.4, -0.2) is 80.6 Å². The van der Waals surface area contributed by atoms with Crippen LogP contribution in [0.15, 0.2) is 110 Å². The van der Waals surface area contributed by atoms with Gasteiger partial charge >= 0.3 is 12.2 Å². The number of carbonyl (C=O) groups is 4. The van der Waals surface area contributed by atoms with E-state index in [0.717, 1.165) is 11.1 Å². The van der Waals surface area contributed by atoms with Crippen LogP contribution < -0.4 is 21.3 Å². The third-order valence-electron chi connectivity index (χ3n) is 9.06. The van der Waals surface area contributed by atoms with Gasteiger partial charge < -0.3 is 41.0 Å². The molecule has 0 spiro atoms. The van der Waals surface area contributed by atoms with E-state index in [1.54, 1.807) is 76.7 Å². The highest BCUT2D eigenvalue weighted by atomic mass is 16.6. The number of carbonyl (C=O) groups excluding carboxylic acids is 4. The van der Waals surface area contributed by atoms with Crippen LogP contribution in [0.1, 0.15) is 49.9 Å². The Balaban J connectivity index is 1.53. The molecule has 0 saturated carbocycles. The number of aliphatic hydroxyl groups is 2. The van der Waals surface area contributed by atoms with E-state index >= 15 is 0 Å². The lowest BCUT2D eigenvalue weighted by Gasteiger charge is -2.35. The summed E-state index contributed by atoms with van der Waals surface area (Å²) in [5, 5.41) is 34.8. The van der Waals surface area contributed by atoms with Gasteiger partial charge in [0.15, 0.2) is 0 Å². The first-order chi connectivity index (χ1) is 26.9. The highest BCUT2D eigenvalue weighted by molar-refractivity contribution is 5.87. The van der Waals surface area contributed by atoms with Gasteiger partial charge in [0.1, 0.15) is 37.5 Å². The van der Waals surface area contributed by atoms with E-state index in [1.165, 1.54) is 0 Å². The number of hydrogen-bond donors (Lipinski definition) is 6. The van der Waals surface area contributed by atoms with Gasteiger partial charge in [0.25, 0.3) is 0 Å². The number of alkyl carbamates (subject to hydrolysis) is 2. The van der Waals surface area contributed by atoms with Gasteiger partial charge in [-0.3, -0.25) is 19.6 Å². The van der Waals surface area contributed by atoms with Gasteiger partial charge in [-0.15, -0.1) is 0 Å². The second kappa shape index (κ2) is 21.9. The van der Waals surface area contributed by atoms with Gasteiger partial charge in [0, 0.05) is 35.9 Å². The number of rotatable bonds is 19. The SMILES string of the molecule is CC(C)[C@H](NC(=O)OCc1cccnc1)C(=O)N[C@@H](Cc1ccccc1)[C@H](O)[C@@H](O)[C@H](Cc1ccccc1)NC(=O)[C@@H](NC(=O)OCc1cccnc1)C(C)C. The van der Waals surface area contributed by atoms with Gasteiger partial charge in [0.2, 0.25) is 11.8 Å². The molecule has 6 atom stereocenters. The molecule has 0 radical (unpaired) electrons. The van der Waals surface area contributed by atoms with Gasteiger partial charge in [-0.2, -0.15) is 0 Å². The fraction of sp³-hybridized carbons (Fsp3) is 0.381. The molecule has 4 rings (SSSR count). The zero-order valence-electron chi connectivity index (χ0n) is 32.1. The summed E-state index contributed by atoms with van der Waals surface area (Å²) >= 11 is 0. The molecule has 6 N–H and O–H groups in total. The van der Waals surface area contributed by atoms with E-state index in [0.29, 0.717) is 11.1 Å². The molecule has 0 aliphatic rings. The van der Waals surface area contributed by atoms with Crippen molar-refractivity contribution in [3.05, 3.63) is 132 Å². The minimum absolute atomic E-state index is 0.0536. The maximum atomic E-state index is 13.9. The molecule has 2 aromatic heterocycles. The molecule has 2 aromatic carbocycles. The molecule has 2 heterocycles. The smallest absolute Gasteiger partial charge is 0.408 e. The average molecular weight is 769 g/mol. The van der Waals surface area contributed by atoms with Crippen LogP contribution in [0.4, 0.5) is 9.59 Å². The Morgan fingerprint density at radius 2 is 0.893 bits per heavy atom. The molecule has 0 saturated heterocycles. The molecule has 0 aliphatic heterocycles. The predicted molar refractivity (Wildman–Crippen MR) is 209 cm³/mol. The average Bonchev–Trinajstić information content (AvgIpc) is 3.20. The quantitative estimate of drug-likeness (QED) is 0.0814. The monoisotopic (exact) mass is 768 g/mol. The van der Waals surface area contributed by atoms with Gasteiger partial charge in [-0.25, -0.2) is 9.59 Å². The van der Waals surface area contributed by atoms with Gasteiger partial charge in [-0.1, -0.05) is 100 Å². The molecule has 14 heteroatoms. The molecular weight excluding hydrogens is 716 g/mol. The minimum atomic E-state index is -1.62. The van der Waals surface area contributed by atoms with Gasteiger partial charge in [0.05, 0.1) is 12.1 Å². The van der Waals surface area contributed by atoms with Crippen LogP contribution in [0.2, 0.25) is 0 Å². The largest absolute Gasteiger partial charge is 0.445 e. The highest BCUT2D eigenvalue weighted by Gasteiger charge is 2.37. The Morgan fingerprint density at radius 3 is 1.21 bits per heavy atom. The lowest BCUT2D eigenvalue weighted by molar-refractivity contribution is -0.129. The molecule has 0 unspecified atom stereocenters. The first-order valence-electron chi connectivity index (χ1n) is 18.6. The van der Waals surface area contributed by atoms with E-state index < -0.39 is 60.4 Å². The van der Waals surface area contributed by atoms with Crippen molar-refractivity contribution in [1.82, 2.24) is 31.2 Å². The number of benzene rings is 2. The van der Waals surface area contributed by atoms with Crippen molar-refractivity contribution in [3.63, 3.8) is 0 Å². The number of nitrogens with zero attached hydrogens (tertiary/aromatic N) is 2. The number of ether oxygens (including phenoxy) is 2. The normalized spacial score (nSPS) is 14.4. The number of hydrogen-bond acceptors (Lipinski definition) is 10. The van der Waals surface area contributed by atoms with Crippen molar-refractivity contribution in [2.75, 3.05) is 0 Å². The molecule has 4 amide bonds. The van der Waals surface area contributed by atoms with Crippen molar-refractivity contribution in [1.29, 1.82) is 0 Å². The molecular formula is C42H52N6O8. The van der Waals surface area contributed by atoms with Crippen molar-refractivity contribution in [2.24, 2.45) is 11.8 Å². The summed E-state index contributed by atoms with van der Waals surface area (Å²) in [6.45, 7) is 6.90. The van der Waals surface area contributed by atoms with E-state index in [4.69, 9.17) is 9.47 Å². The van der Waals surface area contributed by atoms with Crippen LogP contribution >= 0.6 is 0 Å². The maximum Gasteiger partial charge on any atom is 0.408 e. The van der Waals surface area contributed by atoms with E-state index in [-0.39, 0.29) is 37.9 Å². The van der Waals surface area contributed by atoms with Crippen LogP contribution in [0.25, 0.3) is 0 Å². The van der Waals surface area contributed by atoms with E-state index in [1.807, 2.05) is 60.7 Å². The highest BCUT2D eigenvalue weighted by Crippen LogP contribution is 2.17. The lowest BCUT2D eigenvalue weighted by Crippen LogP contribution is -2.61. The molecule has 298 valence electrons. The molecule has 0 aliphatic carbocycles. The zero-order valence-corrected chi connectivity index (χ0v) is 32.1. The second-order valence-electron chi connectivity index (χ2n) is 14.2. The standard InChI is InChI=1S/C42H52N6O8/c1-27(2)35(47-41(53)55-25-31-17-11-19-43-23-31)39(51)45-33(21-29-13-7-5-8-14-29)37(49)38(50)34(22-30-15-9-6-10-16-30)46-40(52)36(28(3)4)48-42(54)56-26-32-18-12-20-44-24-32/h5-20,23-24,27-28,33-38,49-50H,21-22,25-26H2,1-4H3,(H,45,51)(H,46,52)(H,47,53)(H,48,54)/t33-,34-,35-,36-,37-,38-/m0/s1. The molecule has 4 aromatic rings. The zero-order chi connectivity index (χ0) is 40.5. The van der Waals surface area contributed by atoms with Crippen LogP contribution in [0.5, 0.6) is 0 Å². The number of nitrogens with one attached hydrogen (secondary N) is 4. The first-order valence-corrected chi connectivity index (χ1v) is 18.6. The summed E-state index contributed by atoms with van der Waals surface area (Å²) in [4.78, 5) is 61.3. The molecule has 0 fully saturated rings. The topological polar surface area (TPSA) is 201 Å².